The fraction of sp³-hybridized carbons (Fsp3) is 0.200. The third-order valence-corrected chi connectivity index (χ3v) is 2.94. The summed E-state index contributed by atoms with van der Waals surface area (Å²) in [5.74, 6) is -0.431. The van der Waals surface area contributed by atoms with Crippen molar-refractivity contribution in [3.05, 3.63) is 71.0 Å². The topological polar surface area (TPSA) is 20.2 Å². The Morgan fingerprint density at radius 2 is 1.65 bits per heavy atom. The van der Waals surface area contributed by atoms with E-state index in [1.54, 1.807) is 0 Å². The minimum absolute atomic E-state index is 0.0373. The van der Waals surface area contributed by atoms with Gasteiger partial charge in [0.1, 0.15) is 5.82 Å². The largest absolute Gasteiger partial charge is 0.416 e. The predicted molar refractivity (Wildman–Crippen MR) is 66.5 cm³/mol. The molecule has 0 spiro atoms. The van der Waals surface area contributed by atoms with E-state index in [0.29, 0.717) is 11.1 Å². The lowest BCUT2D eigenvalue weighted by Crippen LogP contribution is -2.07. The number of halogens is 4. The summed E-state index contributed by atoms with van der Waals surface area (Å²) in [6.07, 6.45) is -5.34. The molecule has 0 amide bonds. The Bertz CT molecular complexity index is 575. The van der Waals surface area contributed by atoms with Gasteiger partial charge in [0.05, 0.1) is 11.7 Å². The molecule has 0 bridgehead atoms. The van der Waals surface area contributed by atoms with Crippen LogP contribution in [0.2, 0.25) is 0 Å². The number of hydrogen-bond acceptors (Lipinski definition) is 1. The first-order valence-electron chi connectivity index (χ1n) is 5.96. The zero-order valence-corrected chi connectivity index (χ0v) is 10.4. The maximum Gasteiger partial charge on any atom is 0.416 e. The third kappa shape index (κ3) is 3.57. The number of hydrogen-bond donors (Lipinski definition) is 1. The van der Waals surface area contributed by atoms with E-state index in [1.165, 1.54) is 36.4 Å². The van der Waals surface area contributed by atoms with Gasteiger partial charge in [-0.3, -0.25) is 0 Å². The maximum absolute atomic E-state index is 12.8. The van der Waals surface area contributed by atoms with Crippen LogP contribution < -0.4 is 0 Å². The van der Waals surface area contributed by atoms with E-state index in [2.05, 4.69) is 0 Å². The fourth-order valence-electron chi connectivity index (χ4n) is 1.90. The molecule has 106 valence electrons. The van der Waals surface area contributed by atoms with Gasteiger partial charge in [0, 0.05) is 6.42 Å². The third-order valence-electron chi connectivity index (χ3n) is 2.94. The van der Waals surface area contributed by atoms with Crippen LogP contribution in [0.25, 0.3) is 0 Å². The molecule has 0 radical (unpaired) electrons. The van der Waals surface area contributed by atoms with Crippen LogP contribution in [0.5, 0.6) is 0 Å². The molecule has 0 aliphatic heterocycles. The fourth-order valence-corrected chi connectivity index (χ4v) is 1.90. The van der Waals surface area contributed by atoms with Crippen molar-refractivity contribution in [3.8, 4) is 0 Å². The average molecular weight is 284 g/mol. The molecular weight excluding hydrogens is 272 g/mol. The number of benzene rings is 2. The molecule has 2 rings (SSSR count). The lowest BCUT2D eigenvalue weighted by Gasteiger charge is -2.13. The SMILES string of the molecule is OC(Cc1cccc(C(F)(F)F)c1)c1ccc(F)cc1. The predicted octanol–water partition coefficient (Wildman–Crippen LogP) is 4.12. The molecule has 1 atom stereocenters. The first-order valence-corrected chi connectivity index (χ1v) is 5.96. The number of rotatable bonds is 3. The van der Waals surface area contributed by atoms with E-state index in [0.717, 1.165) is 12.1 Å². The van der Waals surface area contributed by atoms with E-state index in [-0.39, 0.29) is 6.42 Å². The van der Waals surface area contributed by atoms with Gasteiger partial charge in [-0.25, -0.2) is 4.39 Å². The van der Waals surface area contributed by atoms with Gasteiger partial charge in [-0.05, 0) is 29.3 Å². The van der Waals surface area contributed by atoms with Crippen LogP contribution in [0.3, 0.4) is 0 Å². The van der Waals surface area contributed by atoms with E-state index < -0.39 is 23.7 Å². The van der Waals surface area contributed by atoms with Crippen LogP contribution in [0.15, 0.2) is 48.5 Å². The summed E-state index contributed by atoms with van der Waals surface area (Å²) in [5, 5.41) is 9.95. The highest BCUT2D eigenvalue weighted by molar-refractivity contribution is 5.28. The monoisotopic (exact) mass is 284 g/mol. The number of aliphatic hydroxyl groups excluding tert-OH is 1. The van der Waals surface area contributed by atoms with E-state index in [9.17, 15) is 22.7 Å². The molecule has 1 unspecified atom stereocenters. The van der Waals surface area contributed by atoms with Gasteiger partial charge < -0.3 is 5.11 Å². The second-order valence-corrected chi connectivity index (χ2v) is 4.47. The Balaban J connectivity index is 2.15. The molecule has 2 aromatic carbocycles. The van der Waals surface area contributed by atoms with E-state index in [1.807, 2.05) is 0 Å². The molecule has 0 aromatic heterocycles. The molecule has 1 nitrogen and oxygen atoms in total. The van der Waals surface area contributed by atoms with Crippen molar-refractivity contribution < 1.29 is 22.7 Å². The Kier molecular flexibility index (Phi) is 4.09. The Labute approximate surface area is 113 Å². The van der Waals surface area contributed by atoms with Crippen molar-refractivity contribution in [2.45, 2.75) is 18.7 Å². The second kappa shape index (κ2) is 5.63. The standard InChI is InChI=1S/C15H12F4O/c16-13-6-4-11(5-7-13)14(20)9-10-2-1-3-12(8-10)15(17,18)19/h1-8,14,20H,9H2. The summed E-state index contributed by atoms with van der Waals surface area (Å²) in [4.78, 5) is 0. The molecule has 0 fully saturated rings. The van der Waals surface area contributed by atoms with Crippen molar-refractivity contribution in [1.82, 2.24) is 0 Å². The Morgan fingerprint density at radius 3 is 2.25 bits per heavy atom. The summed E-state index contributed by atoms with van der Waals surface area (Å²) in [5.41, 5.74) is 0.0850. The van der Waals surface area contributed by atoms with Gasteiger partial charge in [-0.2, -0.15) is 13.2 Å². The maximum atomic E-state index is 12.8. The molecule has 0 aliphatic carbocycles. The molecule has 20 heavy (non-hydrogen) atoms. The zero-order valence-electron chi connectivity index (χ0n) is 10.4. The van der Waals surface area contributed by atoms with Gasteiger partial charge in [-0.1, -0.05) is 30.3 Å². The van der Waals surface area contributed by atoms with Crippen LogP contribution >= 0.6 is 0 Å². The molecule has 0 saturated heterocycles. The van der Waals surface area contributed by atoms with Crippen LogP contribution in [0.4, 0.5) is 17.6 Å². The first-order chi connectivity index (χ1) is 9.36. The van der Waals surface area contributed by atoms with Crippen molar-refractivity contribution in [2.24, 2.45) is 0 Å². The van der Waals surface area contributed by atoms with Crippen LogP contribution in [0, 0.1) is 5.82 Å². The highest BCUT2D eigenvalue weighted by atomic mass is 19.4. The summed E-state index contributed by atoms with van der Waals surface area (Å²) in [7, 11) is 0. The first kappa shape index (κ1) is 14.5. The van der Waals surface area contributed by atoms with Crippen molar-refractivity contribution in [1.29, 1.82) is 0 Å². The smallest absolute Gasteiger partial charge is 0.388 e. The second-order valence-electron chi connectivity index (χ2n) is 4.47. The lowest BCUT2D eigenvalue weighted by molar-refractivity contribution is -0.137. The lowest BCUT2D eigenvalue weighted by atomic mass is 10.00. The van der Waals surface area contributed by atoms with E-state index in [4.69, 9.17) is 0 Å². The highest BCUT2D eigenvalue weighted by Crippen LogP contribution is 2.30. The van der Waals surface area contributed by atoms with Gasteiger partial charge in [0.2, 0.25) is 0 Å². The summed E-state index contributed by atoms with van der Waals surface area (Å²) >= 11 is 0. The van der Waals surface area contributed by atoms with Crippen LogP contribution in [-0.4, -0.2) is 5.11 Å². The summed E-state index contributed by atoms with van der Waals surface area (Å²) in [6, 6.07) is 10.0. The minimum Gasteiger partial charge on any atom is -0.388 e. The molecule has 2 aromatic rings. The number of aliphatic hydroxyl groups is 1. The molecule has 5 heteroatoms. The van der Waals surface area contributed by atoms with Crippen molar-refractivity contribution in [2.75, 3.05) is 0 Å². The molecule has 1 N–H and O–H groups in total. The average Bonchev–Trinajstić information content (AvgIpc) is 2.38. The molecule has 0 saturated carbocycles. The van der Waals surface area contributed by atoms with Gasteiger partial charge in [0.25, 0.3) is 0 Å². The van der Waals surface area contributed by atoms with Gasteiger partial charge in [0.15, 0.2) is 0 Å². The number of alkyl halides is 3. The Hall–Kier alpha value is -1.88. The minimum atomic E-state index is -4.41. The van der Waals surface area contributed by atoms with E-state index >= 15 is 0 Å². The molecule has 0 aliphatic rings. The molecule has 0 heterocycles. The van der Waals surface area contributed by atoms with Gasteiger partial charge in [-0.15, -0.1) is 0 Å². The Morgan fingerprint density at radius 1 is 1.00 bits per heavy atom. The highest BCUT2D eigenvalue weighted by Gasteiger charge is 2.30. The zero-order chi connectivity index (χ0) is 14.8. The normalized spacial score (nSPS) is 13.2. The summed E-state index contributed by atoms with van der Waals surface area (Å²) in [6.45, 7) is 0. The molecular formula is C15H12F4O. The van der Waals surface area contributed by atoms with Crippen molar-refractivity contribution in [3.63, 3.8) is 0 Å². The van der Waals surface area contributed by atoms with Crippen LogP contribution in [-0.2, 0) is 12.6 Å². The quantitative estimate of drug-likeness (QED) is 0.841. The van der Waals surface area contributed by atoms with Crippen LogP contribution in [0.1, 0.15) is 22.8 Å². The summed E-state index contributed by atoms with van der Waals surface area (Å²) < 4.78 is 50.5. The van der Waals surface area contributed by atoms with Crippen molar-refractivity contribution >= 4 is 0 Å². The van der Waals surface area contributed by atoms with Gasteiger partial charge >= 0.3 is 6.18 Å².